The van der Waals surface area contributed by atoms with Gasteiger partial charge in [-0.2, -0.15) is 5.10 Å². The molecule has 0 saturated carbocycles. The third-order valence-electron chi connectivity index (χ3n) is 3.75. The minimum absolute atomic E-state index is 0.587. The lowest BCUT2D eigenvalue weighted by atomic mass is 10.1. The molecule has 7 heteroatoms. The number of thiazole rings is 1. The first-order valence-electron chi connectivity index (χ1n) is 8.44. The van der Waals surface area contributed by atoms with E-state index in [0.717, 1.165) is 22.6 Å². The van der Waals surface area contributed by atoms with E-state index in [1.54, 1.807) is 20.4 Å². The van der Waals surface area contributed by atoms with Crippen LogP contribution in [0.25, 0.3) is 11.3 Å². The number of nitrogens with zero attached hydrogens (tertiary/aromatic N) is 2. The standard InChI is InChI=1S/C20H21N3O3S/c1-4-26-18-10-9-14(11-19(18)25-3)12-21-23-20-22-16(13-27-20)15-7-5-6-8-17(15)24-2/h5-13H,4H2,1-3H3,(H,22,23)/b21-12-. The Morgan fingerprint density at radius 1 is 1.07 bits per heavy atom. The van der Waals surface area contributed by atoms with Crippen LogP contribution < -0.4 is 19.6 Å². The van der Waals surface area contributed by atoms with E-state index >= 15 is 0 Å². The quantitative estimate of drug-likeness (QED) is 0.452. The molecule has 0 amide bonds. The Bertz CT molecular complexity index is 924. The first-order chi connectivity index (χ1) is 13.2. The lowest BCUT2D eigenvalue weighted by Gasteiger charge is -2.09. The second-order valence-electron chi connectivity index (χ2n) is 5.45. The van der Waals surface area contributed by atoms with Gasteiger partial charge in [-0.3, -0.25) is 5.43 Å². The third-order valence-corrected chi connectivity index (χ3v) is 4.50. The fourth-order valence-electron chi connectivity index (χ4n) is 2.51. The molecule has 3 rings (SSSR count). The number of methoxy groups -OCH3 is 2. The van der Waals surface area contributed by atoms with Gasteiger partial charge in [-0.15, -0.1) is 11.3 Å². The van der Waals surface area contributed by atoms with E-state index in [4.69, 9.17) is 14.2 Å². The van der Waals surface area contributed by atoms with Gasteiger partial charge >= 0.3 is 0 Å². The van der Waals surface area contributed by atoms with Crippen molar-refractivity contribution in [3.63, 3.8) is 0 Å². The summed E-state index contributed by atoms with van der Waals surface area (Å²) in [5.74, 6) is 2.18. The predicted molar refractivity (Wildman–Crippen MR) is 109 cm³/mol. The molecule has 0 aliphatic heterocycles. The second kappa shape index (κ2) is 9.05. The highest BCUT2D eigenvalue weighted by Gasteiger charge is 2.09. The van der Waals surface area contributed by atoms with Crippen LogP contribution in [0.2, 0.25) is 0 Å². The number of aromatic nitrogens is 1. The lowest BCUT2D eigenvalue weighted by molar-refractivity contribution is 0.311. The molecule has 0 aliphatic rings. The zero-order valence-corrected chi connectivity index (χ0v) is 16.2. The number of hydrogen-bond donors (Lipinski definition) is 1. The predicted octanol–water partition coefficient (Wildman–Crippen LogP) is 4.67. The number of anilines is 1. The average Bonchev–Trinajstić information content (AvgIpc) is 3.18. The van der Waals surface area contributed by atoms with Crippen molar-refractivity contribution in [1.29, 1.82) is 0 Å². The highest BCUT2D eigenvalue weighted by atomic mass is 32.1. The van der Waals surface area contributed by atoms with Crippen LogP contribution in [0, 0.1) is 0 Å². The monoisotopic (exact) mass is 383 g/mol. The molecule has 0 bridgehead atoms. The summed E-state index contributed by atoms with van der Waals surface area (Å²) in [5.41, 5.74) is 5.65. The fraction of sp³-hybridized carbons (Fsp3) is 0.200. The van der Waals surface area contributed by atoms with Crippen LogP contribution in [0.1, 0.15) is 12.5 Å². The molecule has 27 heavy (non-hydrogen) atoms. The Hall–Kier alpha value is -3.06. The molecule has 1 N–H and O–H groups in total. The Kier molecular flexibility index (Phi) is 6.27. The van der Waals surface area contributed by atoms with Gasteiger partial charge in [-0.25, -0.2) is 4.98 Å². The van der Waals surface area contributed by atoms with Crippen molar-refractivity contribution in [3.05, 3.63) is 53.4 Å². The van der Waals surface area contributed by atoms with Crippen LogP contribution >= 0.6 is 11.3 Å². The maximum Gasteiger partial charge on any atom is 0.203 e. The summed E-state index contributed by atoms with van der Waals surface area (Å²) in [6.45, 7) is 2.52. The van der Waals surface area contributed by atoms with Crippen LogP contribution in [0.5, 0.6) is 17.2 Å². The number of benzene rings is 2. The van der Waals surface area contributed by atoms with Crippen molar-refractivity contribution >= 4 is 22.7 Å². The molecule has 0 radical (unpaired) electrons. The topological polar surface area (TPSA) is 65.0 Å². The molecule has 1 aromatic heterocycles. The Morgan fingerprint density at radius 3 is 2.67 bits per heavy atom. The summed E-state index contributed by atoms with van der Waals surface area (Å²) >= 11 is 1.48. The molecule has 0 saturated heterocycles. The summed E-state index contributed by atoms with van der Waals surface area (Å²) in [6, 6.07) is 13.4. The summed E-state index contributed by atoms with van der Waals surface area (Å²) in [6.07, 6.45) is 1.71. The first kappa shape index (κ1) is 18.7. The van der Waals surface area contributed by atoms with E-state index in [1.807, 2.05) is 54.8 Å². The lowest BCUT2D eigenvalue weighted by Crippen LogP contribution is -1.97. The molecule has 6 nitrogen and oxygen atoms in total. The number of hydrazone groups is 1. The Labute approximate surface area is 162 Å². The molecule has 0 aliphatic carbocycles. The molecule has 3 aromatic rings. The summed E-state index contributed by atoms with van der Waals surface area (Å²) < 4.78 is 16.3. The van der Waals surface area contributed by atoms with Crippen LogP contribution in [-0.4, -0.2) is 32.0 Å². The fourth-order valence-corrected chi connectivity index (χ4v) is 3.17. The van der Waals surface area contributed by atoms with Crippen molar-refractivity contribution in [1.82, 2.24) is 4.98 Å². The smallest absolute Gasteiger partial charge is 0.203 e. The third kappa shape index (κ3) is 4.57. The van der Waals surface area contributed by atoms with Gasteiger partial charge < -0.3 is 14.2 Å². The van der Waals surface area contributed by atoms with E-state index in [0.29, 0.717) is 23.2 Å². The van der Waals surface area contributed by atoms with Gasteiger partial charge in [0.05, 0.1) is 32.7 Å². The van der Waals surface area contributed by atoms with Crippen LogP contribution in [-0.2, 0) is 0 Å². The zero-order valence-electron chi connectivity index (χ0n) is 15.4. The summed E-state index contributed by atoms with van der Waals surface area (Å²) in [7, 11) is 3.27. The van der Waals surface area contributed by atoms with Gasteiger partial charge in [0.1, 0.15) is 5.75 Å². The van der Waals surface area contributed by atoms with E-state index in [-0.39, 0.29) is 0 Å². The maximum absolute atomic E-state index is 5.52. The van der Waals surface area contributed by atoms with Crippen LogP contribution in [0.3, 0.4) is 0 Å². The maximum atomic E-state index is 5.52. The van der Waals surface area contributed by atoms with Gasteiger partial charge in [0.2, 0.25) is 5.13 Å². The molecule has 0 atom stereocenters. The van der Waals surface area contributed by atoms with Gasteiger partial charge in [-0.05, 0) is 42.8 Å². The number of nitrogens with one attached hydrogen (secondary N) is 1. The molecule has 0 unspecified atom stereocenters. The molecule has 1 heterocycles. The minimum Gasteiger partial charge on any atom is -0.496 e. The average molecular weight is 383 g/mol. The molecule has 0 fully saturated rings. The number of ether oxygens (including phenoxy) is 3. The zero-order chi connectivity index (χ0) is 19.1. The van der Waals surface area contributed by atoms with E-state index < -0.39 is 0 Å². The summed E-state index contributed by atoms with van der Waals surface area (Å²) in [4.78, 5) is 4.56. The largest absolute Gasteiger partial charge is 0.496 e. The number of rotatable bonds is 8. The first-order valence-corrected chi connectivity index (χ1v) is 9.32. The normalized spacial score (nSPS) is 10.8. The van der Waals surface area contributed by atoms with Crippen molar-refractivity contribution in [3.8, 4) is 28.5 Å². The van der Waals surface area contributed by atoms with Gasteiger partial charge in [0.15, 0.2) is 11.5 Å². The number of para-hydroxylation sites is 1. The SMILES string of the molecule is CCOc1ccc(/C=N\Nc2nc(-c3ccccc3OC)cs2)cc1OC. The molecule has 2 aromatic carbocycles. The van der Waals surface area contributed by atoms with E-state index in [2.05, 4.69) is 15.5 Å². The highest BCUT2D eigenvalue weighted by molar-refractivity contribution is 7.14. The van der Waals surface area contributed by atoms with Crippen molar-refractivity contribution in [2.45, 2.75) is 6.92 Å². The van der Waals surface area contributed by atoms with Crippen molar-refractivity contribution in [2.24, 2.45) is 5.10 Å². The molecule has 0 spiro atoms. The molecule has 140 valence electrons. The Morgan fingerprint density at radius 2 is 1.89 bits per heavy atom. The summed E-state index contributed by atoms with van der Waals surface area (Å²) in [5, 5.41) is 6.92. The van der Waals surface area contributed by atoms with E-state index in [9.17, 15) is 0 Å². The van der Waals surface area contributed by atoms with Crippen molar-refractivity contribution in [2.75, 3.05) is 26.3 Å². The van der Waals surface area contributed by atoms with Gasteiger partial charge in [0, 0.05) is 10.9 Å². The Balaban J connectivity index is 1.70. The van der Waals surface area contributed by atoms with Crippen molar-refractivity contribution < 1.29 is 14.2 Å². The number of hydrogen-bond acceptors (Lipinski definition) is 7. The molecular formula is C20H21N3O3S. The van der Waals surface area contributed by atoms with Gasteiger partial charge in [-0.1, -0.05) is 12.1 Å². The second-order valence-corrected chi connectivity index (χ2v) is 6.31. The highest BCUT2D eigenvalue weighted by Crippen LogP contribution is 2.32. The van der Waals surface area contributed by atoms with Crippen LogP contribution in [0.4, 0.5) is 5.13 Å². The van der Waals surface area contributed by atoms with E-state index in [1.165, 1.54) is 11.3 Å². The molecular weight excluding hydrogens is 362 g/mol. The van der Waals surface area contributed by atoms with Gasteiger partial charge in [0.25, 0.3) is 0 Å². The van der Waals surface area contributed by atoms with Crippen LogP contribution in [0.15, 0.2) is 52.9 Å². The minimum atomic E-state index is 0.587.